The van der Waals surface area contributed by atoms with E-state index in [1.54, 1.807) is 12.1 Å². The SMILES string of the molecule is COCC(C)(NC(=O)c1ccc(NC(=O)C2CC2C)cc1)C(=O)O. The standard InChI is InChI=1S/C17H22N2O5/c1-10-8-13(10)15(21)18-12-6-4-11(5-7-12)14(20)19-17(2,9-24-3)16(22)23/h4-7,10,13H,8-9H2,1-3H3,(H,18,21)(H,19,20)(H,22,23). The third kappa shape index (κ3) is 4.11. The molecular weight excluding hydrogens is 312 g/mol. The molecule has 1 aliphatic carbocycles. The number of aliphatic carboxylic acids is 1. The third-order valence-electron chi connectivity index (χ3n) is 4.16. The number of carbonyl (C=O) groups is 3. The van der Waals surface area contributed by atoms with Gasteiger partial charge in [0.15, 0.2) is 5.54 Å². The maximum Gasteiger partial charge on any atom is 0.331 e. The first-order valence-electron chi connectivity index (χ1n) is 7.72. The Morgan fingerprint density at radius 1 is 1.29 bits per heavy atom. The van der Waals surface area contributed by atoms with Gasteiger partial charge < -0.3 is 20.5 Å². The van der Waals surface area contributed by atoms with Crippen LogP contribution in [0.4, 0.5) is 5.69 Å². The summed E-state index contributed by atoms with van der Waals surface area (Å²) in [6.07, 6.45) is 0.902. The molecular formula is C17H22N2O5. The second-order valence-electron chi connectivity index (χ2n) is 6.41. The van der Waals surface area contributed by atoms with Gasteiger partial charge in [0.05, 0.1) is 6.61 Å². The molecule has 1 aromatic rings. The normalized spacial score (nSPS) is 21.5. The zero-order valence-electron chi connectivity index (χ0n) is 14.0. The van der Waals surface area contributed by atoms with Crippen molar-refractivity contribution in [3.05, 3.63) is 29.8 Å². The van der Waals surface area contributed by atoms with E-state index in [1.807, 2.05) is 6.92 Å². The van der Waals surface area contributed by atoms with Gasteiger partial charge in [0.1, 0.15) is 0 Å². The van der Waals surface area contributed by atoms with Gasteiger partial charge >= 0.3 is 5.97 Å². The van der Waals surface area contributed by atoms with Crippen LogP contribution in [-0.4, -0.2) is 42.1 Å². The van der Waals surface area contributed by atoms with Crippen LogP contribution < -0.4 is 10.6 Å². The molecule has 7 nitrogen and oxygen atoms in total. The second kappa shape index (κ2) is 7.00. The molecule has 0 heterocycles. The Hall–Kier alpha value is -2.41. The molecule has 3 unspecified atom stereocenters. The van der Waals surface area contributed by atoms with E-state index in [0.717, 1.165) is 6.42 Å². The van der Waals surface area contributed by atoms with Crippen LogP contribution in [0.5, 0.6) is 0 Å². The Balaban J connectivity index is 2.00. The maximum atomic E-state index is 12.2. The number of carboxylic acids is 1. The molecule has 2 rings (SSSR count). The molecule has 0 aliphatic heterocycles. The van der Waals surface area contributed by atoms with Gasteiger partial charge in [-0.3, -0.25) is 9.59 Å². The molecule has 24 heavy (non-hydrogen) atoms. The number of anilines is 1. The van der Waals surface area contributed by atoms with Gasteiger partial charge in [-0.2, -0.15) is 0 Å². The molecule has 1 saturated carbocycles. The van der Waals surface area contributed by atoms with Crippen LogP contribution in [0, 0.1) is 11.8 Å². The molecule has 1 fully saturated rings. The van der Waals surface area contributed by atoms with Crippen LogP contribution in [0.1, 0.15) is 30.6 Å². The number of carbonyl (C=O) groups excluding carboxylic acids is 2. The van der Waals surface area contributed by atoms with E-state index in [0.29, 0.717) is 17.2 Å². The van der Waals surface area contributed by atoms with Crippen LogP contribution >= 0.6 is 0 Å². The van der Waals surface area contributed by atoms with E-state index in [-0.39, 0.29) is 18.4 Å². The largest absolute Gasteiger partial charge is 0.479 e. The summed E-state index contributed by atoms with van der Waals surface area (Å²) in [6, 6.07) is 6.31. The Labute approximate surface area is 140 Å². The van der Waals surface area contributed by atoms with Crippen molar-refractivity contribution in [1.82, 2.24) is 5.32 Å². The van der Waals surface area contributed by atoms with Crippen LogP contribution in [0.15, 0.2) is 24.3 Å². The zero-order valence-corrected chi connectivity index (χ0v) is 14.0. The lowest BCUT2D eigenvalue weighted by Gasteiger charge is -2.25. The monoisotopic (exact) mass is 334 g/mol. The van der Waals surface area contributed by atoms with Gasteiger partial charge in [-0.05, 0) is 43.5 Å². The first-order chi connectivity index (χ1) is 11.3. The van der Waals surface area contributed by atoms with Crippen LogP contribution in [0.25, 0.3) is 0 Å². The van der Waals surface area contributed by atoms with Crippen molar-refractivity contribution in [3.8, 4) is 0 Å². The lowest BCUT2D eigenvalue weighted by Crippen LogP contribution is -2.55. The molecule has 2 amide bonds. The van der Waals surface area contributed by atoms with E-state index in [4.69, 9.17) is 4.74 Å². The number of ether oxygens (including phenoxy) is 1. The van der Waals surface area contributed by atoms with Crippen molar-refractivity contribution in [1.29, 1.82) is 0 Å². The van der Waals surface area contributed by atoms with Crippen molar-refractivity contribution < 1.29 is 24.2 Å². The summed E-state index contributed by atoms with van der Waals surface area (Å²) < 4.78 is 4.86. The fraction of sp³-hybridized carbons (Fsp3) is 0.471. The molecule has 130 valence electrons. The number of carboxylic acid groups (broad SMARTS) is 1. The summed E-state index contributed by atoms with van der Waals surface area (Å²) in [7, 11) is 1.37. The number of methoxy groups -OCH3 is 1. The highest BCUT2D eigenvalue weighted by Crippen LogP contribution is 2.38. The first-order valence-corrected chi connectivity index (χ1v) is 7.72. The molecule has 0 saturated heterocycles. The number of rotatable bonds is 7. The topological polar surface area (TPSA) is 105 Å². The lowest BCUT2D eigenvalue weighted by molar-refractivity contribution is -0.145. The van der Waals surface area contributed by atoms with Gasteiger partial charge in [0.25, 0.3) is 5.91 Å². The zero-order chi connectivity index (χ0) is 17.9. The minimum atomic E-state index is -1.51. The molecule has 7 heteroatoms. The van der Waals surface area contributed by atoms with Crippen LogP contribution in [-0.2, 0) is 14.3 Å². The Morgan fingerprint density at radius 3 is 2.33 bits per heavy atom. The predicted molar refractivity (Wildman–Crippen MR) is 87.7 cm³/mol. The minimum absolute atomic E-state index is 0.0155. The van der Waals surface area contributed by atoms with E-state index in [9.17, 15) is 19.5 Å². The maximum absolute atomic E-state index is 12.2. The summed E-state index contributed by atoms with van der Waals surface area (Å²) in [6.45, 7) is 3.25. The van der Waals surface area contributed by atoms with Crippen molar-refractivity contribution >= 4 is 23.5 Å². The van der Waals surface area contributed by atoms with Crippen molar-refractivity contribution in [2.45, 2.75) is 25.8 Å². The highest BCUT2D eigenvalue weighted by atomic mass is 16.5. The number of amides is 2. The minimum Gasteiger partial charge on any atom is -0.479 e. The Kier molecular flexibility index (Phi) is 5.23. The molecule has 3 N–H and O–H groups in total. The second-order valence-corrected chi connectivity index (χ2v) is 6.41. The number of nitrogens with one attached hydrogen (secondary N) is 2. The quantitative estimate of drug-likeness (QED) is 0.701. The lowest BCUT2D eigenvalue weighted by atomic mass is 10.0. The molecule has 3 atom stereocenters. The Morgan fingerprint density at radius 2 is 1.88 bits per heavy atom. The van der Waals surface area contributed by atoms with Gasteiger partial charge in [-0.1, -0.05) is 6.92 Å². The summed E-state index contributed by atoms with van der Waals surface area (Å²) in [5.41, 5.74) is -0.606. The predicted octanol–water partition coefficient (Wildman–Crippen LogP) is 1.50. The average Bonchev–Trinajstić information content (AvgIpc) is 3.25. The van der Waals surface area contributed by atoms with E-state index in [2.05, 4.69) is 10.6 Å². The molecule has 1 aliphatic rings. The molecule has 0 bridgehead atoms. The van der Waals surface area contributed by atoms with E-state index >= 15 is 0 Å². The van der Waals surface area contributed by atoms with Crippen molar-refractivity contribution in [2.24, 2.45) is 11.8 Å². The summed E-state index contributed by atoms with van der Waals surface area (Å²) in [4.78, 5) is 35.4. The average molecular weight is 334 g/mol. The third-order valence-corrected chi connectivity index (χ3v) is 4.16. The Bertz CT molecular complexity index is 643. The van der Waals surface area contributed by atoms with Gasteiger partial charge in [0.2, 0.25) is 5.91 Å². The first kappa shape index (κ1) is 17.9. The number of hydrogen-bond acceptors (Lipinski definition) is 4. The molecule has 0 aromatic heterocycles. The molecule has 0 radical (unpaired) electrons. The van der Waals surface area contributed by atoms with Crippen molar-refractivity contribution in [2.75, 3.05) is 19.0 Å². The summed E-state index contributed by atoms with van der Waals surface area (Å²) >= 11 is 0. The van der Waals surface area contributed by atoms with E-state index in [1.165, 1.54) is 26.2 Å². The van der Waals surface area contributed by atoms with Crippen LogP contribution in [0.3, 0.4) is 0 Å². The summed E-state index contributed by atoms with van der Waals surface area (Å²) in [5.74, 6) is -1.23. The highest BCUT2D eigenvalue weighted by Gasteiger charge is 2.39. The highest BCUT2D eigenvalue weighted by molar-refractivity contribution is 5.99. The van der Waals surface area contributed by atoms with Crippen molar-refractivity contribution in [3.63, 3.8) is 0 Å². The van der Waals surface area contributed by atoms with E-state index < -0.39 is 17.4 Å². The van der Waals surface area contributed by atoms with Gasteiger partial charge in [0, 0.05) is 24.3 Å². The van der Waals surface area contributed by atoms with Gasteiger partial charge in [-0.15, -0.1) is 0 Å². The number of benzene rings is 1. The fourth-order valence-electron chi connectivity index (χ4n) is 2.39. The summed E-state index contributed by atoms with van der Waals surface area (Å²) in [5, 5.41) is 14.5. The molecule has 1 aromatic carbocycles. The fourth-order valence-corrected chi connectivity index (χ4v) is 2.39. The molecule has 0 spiro atoms. The van der Waals surface area contributed by atoms with Crippen LogP contribution in [0.2, 0.25) is 0 Å². The number of hydrogen-bond donors (Lipinski definition) is 3. The van der Waals surface area contributed by atoms with Gasteiger partial charge in [-0.25, -0.2) is 4.79 Å². The smallest absolute Gasteiger partial charge is 0.331 e.